The van der Waals surface area contributed by atoms with Crippen molar-refractivity contribution in [3.63, 3.8) is 0 Å². The van der Waals surface area contributed by atoms with E-state index in [-0.39, 0.29) is 15.6 Å². The highest BCUT2D eigenvalue weighted by molar-refractivity contribution is 7.91. The van der Waals surface area contributed by atoms with E-state index in [1.807, 2.05) is 13.0 Å². The van der Waals surface area contributed by atoms with Gasteiger partial charge in [-0.3, -0.25) is 0 Å². The number of nitrogens with zero attached hydrogens (tertiary/aromatic N) is 4. The van der Waals surface area contributed by atoms with Crippen LogP contribution in [0.3, 0.4) is 0 Å². The minimum Gasteiger partial charge on any atom is -0.323 e. The van der Waals surface area contributed by atoms with Gasteiger partial charge in [0.15, 0.2) is 10.7 Å². The van der Waals surface area contributed by atoms with Crippen molar-refractivity contribution in [2.45, 2.75) is 44.0 Å². The first-order chi connectivity index (χ1) is 12.3. The van der Waals surface area contributed by atoms with E-state index < -0.39 is 15.9 Å². The second-order valence-corrected chi connectivity index (χ2v) is 7.60. The maximum atomic E-state index is 13.1. The van der Waals surface area contributed by atoms with E-state index in [1.54, 1.807) is 39.0 Å². The summed E-state index contributed by atoms with van der Waals surface area (Å²) in [6.45, 7) is 8.05. The van der Waals surface area contributed by atoms with Gasteiger partial charge in [-0.1, -0.05) is 25.1 Å². The van der Waals surface area contributed by atoms with Crippen LogP contribution in [0.15, 0.2) is 34.2 Å². The van der Waals surface area contributed by atoms with Crippen molar-refractivity contribution < 1.29 is 13.2 Å². The number of aromatic nitrogens is 2. The van der Waals surface area contributed by atoms with Gasteiger partial charge in [-0.15, -0.1) is 0 Å². The zero-order valence-electron chi connectivity index (χ0n) is 15.4. The van der Waals surface area contributed by atoms with E-state index in [4.69, 9.17) is 0 Å². The van der Waals surface area contributed by atoms with Gasteiger partial charge in [-0.2, -0.15) is 15.0 Å². The normalized spacial score (nSPS) is 11.2. The van der Waals surface area contributed by atoms with Gasteiger partial charge in [-0.05, 0) is 38.3 Å². The summed E-state index contributed by atoms with van der Waals surface area (Å²) in [5.41, 5.74) is 1.17. The Balaban J connectivity index is 2.64. The summed E-state index contributed by atoms with van der Waals surface area (Å²) in [5.74, 6) is 0. The molecule has 0 aliphatic rings. The topological polar surface area (TPSA) is 96.1 Å². The van der Waals surface area contributed by atoms with Crippen LogP contribution in [0.2, 0.25) is 0 Å². The van der Waals surface area contributed by atoms with Gasteiger partial charge in [0.1, 0.15) is 6.07 Å². The molecule has 8 heteroatoms. The molecule has 0 atom stereocenters. The van der Waals surface area contributed by atoms with Crippen molar-refractivity contribution in [3.8, 4) is 6.07 Å². The van der Waals surface area contributed by atoms with Crippen LogP contribution in [-0.4, -0.2) is 42.2 Å². The van der Waals surface area contributed by atoms with Gasteiger partial charge in [-0.25, -0.2) is 13.2 Å². The number of rotatable bonds is 5. The third kappa shape index (κ3) is 3.35. The monoisotopic (exact) mass is 374 g/mol. The fraction of sp³-hybridized carbons (Fsp3) is 0.389. The SMILES string of the molecule is CCc1cccc(C)c1S(=O)(=O)c1cc(C#N)n(C(=O)N(CC)CC)n1. The average Bonchev–Trinajstić information content (AvgIpc) is 3.07. The van der Waals surface area contributed by atoms with E-state index in [0.29, 0.717) is 30.6 Å². The molecular formula is C18H22N4O3S. The van der Waals surface area contributed by atoms with Gasteiger partial charge in [0.05, 0.1) is 4.90 Å². The zero-order valence-corrected chi connectivity index (χ0v) is 16.2. The van der Waals surface area contributed by atoms with E-state index >= 15 is 0 Å². The smallest absolute Gasteiger partial charge is 0.323 e. The van der Waals surface area contributed by atoms with Crippen molar-refractivity contribution in [2.75, 3.05) is 13.1 Å². The van der Waals surface area contributed by atoms with Crippen molar-refractivity contribution in [1.29, 1.82) is 5.26 Å². The molecule has 0 bridgehead atoms. The molecule has 0 N–H and O–H groups in total. The van der Waals surface area contributed by atoms with Gasteiger partial charge >= 0.3 is 6.03 Å². The molecule has 0 radical (unpaired) electrons. The number of carbonyl (C=O) groups is 1. The molecule has 0 fully saturated rings. The molecular weight excluding hydrogens is 352 g/mol. The number of nitriles is 1. The highest BCUT2D eigenvalue weighted by atomic mass is 32.2. The van der Waals surface area contributed by atoms with Crippen LogP contribution in [0.5, 0.6) is 0 Å². The minimum atomic E-state index is -3.95. The second kappa shape index (κ2) is 7.70. The fourth-order valence-electron chi connectivity index (χ4n) is 2.82. The quantitative estimate of drug-likeness (QED) is 0.802. The molecule has 1 heterocycles. The van der Waals surface area contributed by atoms with Gasteiger partial charge < -0.3 is 4.90 Å². The molecule has 7 nitrogen and oxygen atoms in total. The maximum Gasteiger partial charge on any atom is 0.345 e. The Kier molecular flexibility index (Phi) is 5.83. The van der Waals surface area contributed by atoms with Crippen LogP contribution in [0.4, 0.5) is 4.79 Å². The number of benzene rings is 1. The average molecular weight is 374 g/mol. The van der Waals surface area contributed by atoms with Gasteiger partial charge in [0.25, 0.3) is 0 Å². The number of hydrogen-bond acceptors (Lipinski definition) is 5. The Hall–Kier alpha value is -2.66. The van der Waals surface area contributed by atoms with E-state index in [2.05, 4.69) is 5.10 Å². The molecule has 1 aromatic heterocycles. The molecule has 2 aromatic rings. The highest BCUT2D eigenvalue weighted by Gasteiger charge is 2.29. The first kappa shape index (κ1) is 19.7. The lowest BCUT2D eigenvalue weighted by Gasteiger charge is -2.18. The standard InChI is InChI=1S/C18H22N4O3S/c1-5-14-10-8-9-13(4)17(14)26(24,25)16-11-15(12-19)22(20-16)18(23)21(6-2)7-3/h8-11H,5-7H2,1-4H3. The Morgan fingerprint density at radius 1 is 1.27 bits per heavy atom. The summed E-state index contributed by atoms with van der Waals surface area (Å²) >= 11 is 0. The summed E-state index contributed by atoms with van der Waals surface area (Å²) in [6.07, 6.45) is 0.542. The van der Waals surface area contributed by atoms with Gasteiger partial charge in [0.2, 0.25) is 9.84 Å². The van der Waals surface area contributed by atoms with Crippen LogP contribution in [-0.2, 0) is 16.3 Å². The highest BCUT2D eigenvalue weighted by Crippen LogP contribution is 2.27. The predicted molar refractivity (Wildman–Crippen MR) is 96.7 cm³/mol. The Morgan fingerprint density at radius 3 is 2.46 bits per heavy atom. The first-order valence-electron chi connectivity index (χ1n) is 8.44. The number of carbonyl (C=O) groups excluding carboxylic acids is 1. The largest absolute Gasteiger partial charge is 0.345 e. The maximum absolute atomic E-state index is 13.1. The molecule has 1 aromatic carbocycles. The van der Waals surface area contributed by atoms with Crippen LogP contribution >= 0.6 is 0 Å². The lowest BCUT2D eigenvalue weighted by atomic mass is 10.1. The molecule has 2 rings (SSSR count). The Bertz CT molecular complexity index is 967. The lowest BCUT2D eigenvalue weighted by molar-refractivity contribution is 0.201. The van der Waals surface area contributed by atoms with Crippen LogP contribution < -0.4 is 0 Å². The number of hydrogen-bond donors (Lipinski definition) is 0. The third-order valence-corrected chi connectivity index (χ3v) is 6.11. The van der Waals surface area contributed by atoms with Crippen LogP contribution in [0, 0.1) is 18.3 Å². The van der Waals surface area contributed by atoms with E-state index in [1.165, 1.54) is 4.90 Å². The van der Waals surface area contributed by atoms with E-state index in [9.17, 15) is 18.5 Å². The fourth-order valence-corrected chi connectivity index (χ4v) is 4.54. The van der Waals surface area contributed by atoms with Crippen molar-refractivity contribution in [2.24, 2.45) is 0 Å². The van der Waals surface area contributed by atoms with Crippen molar-refractivity contribution in [1.82, 2.24) is 14.7 Å². The van der Waals surface area contributed by atoms with E-state index in [0.717, 1.165) is 10.7 Å². The predicted octanol–water partition coefficient (Wildman–Crippen LogP) is 2.77. The molecule has 0 aliphatic heterocycles. The summed E-state index contributed by atoms with van der Waals surface area (Å²) in [6, 6.07) is 7.76. The van der Waals surface area contributed by atoms with Crippen molar-refractivity contribution >= 4 is 15.9 Å². The summed E-state index contributed by atoms with van der Waals surface area (Å²) in [4.78, 5) is 14.2. The van der Waals surface area contributed by atoms with Crippen LogP contribution in [0.25, 0.3) is 0 Å². The molecule has 138 valence electrons. The number of aryl methyl sites for hydroxylation is 2. The number of amides is 1. The Morgan fingerprint density at radius 2 is 1.92 bits per heavy atom. The molecule has 1 amide bonds. The molecule has 0 aliphatic carbocycles. The molecule has 0 saturated heterocycles. The minimum absolute atomic E-state index is 0.105. The third-order valence-electron chi connectivity index (χ3n) is 4.24. The molecule has 0 unspecified atom stereocenters. The molecule has 0 spiro atoms. The summed E-state index contributed by atoms with van der Waals surface area (Å²) in [5, 5.41) is 13.0. The lowest BCUT2D eigenvalue weighted by Crippen LogP contribution is -2.35. The molecule has 0 saturated carbocycles. The summed E-state index contributed by atoms with van der Waals surface area (Å²) in [7, 11) is -3.95. The number of sulfone groups is 1. The van der Waals surface area contributed by atoms with Gasteiger partial charge in [0, 0.05) is 19.2 Å². The van der Waals surface area contributed by atoms with Crippen molar-refractivity contribution in [3.05, 3.63) is 41.1 Å². The Labute approximate surface area is 153 Å². The zero-order chi connectivity index (χ0) is 19.5. The molecule has 26 heavy (non-hydrogen) atoms. The summed E-state index contributed by atoms with van der Waals surface area (Å²) < 4.78 is 27.1. The van der Waals surface area contributed by atoms with Crippen LogP contribution in [0.1, 0.15) is 37.6 Å². The first-order valence-corrected chi connectivity index (χ1v) is 9.93. The second-order valence-electron chi connectivity index (χ2n) is 5.77.